The Kier molecular flexibility index (Phi) is 4.46. The highest BCUT2D eigenvalue weighted by atomic mass is 16.3. The third kappa shape index (κ3) is 3.15. The van der Waals surface area contributed by atoms with Gasteiger partial charge in [0.05, 0.1) is 6.54 Å². The van der Waals surface area contributed by atoms with E-state index in [4.69, 9.17) is 10.2 Å². The molecule has 102 valence electrons. The number of hydrogen-bond acceptors (Lipinski definition) is 3. The van der Waals surface area contributed by atoms with Gasteiger partial charge in [0.25, 0.3) is 0 Å². The molecule has 0 amide bonds. The molecule has 0 saturated heterocycles. The molecule has 1 aromatic rings. The first-order chi connectivity index (χ1) is 8.60. The fraction of sp³-hybridized carbons (Fsp3) is 0.733. The molecule has 0 bridgehead atoms. The van der Waals surface area contributed by atoms with Crippen LogP contribution in [0.2, 0.25) is 0 Å². The third-order valence-electron chi connectivity index (χ3n) is 4.31. The van der Waals surface area contributed by atoms with E-state index in [9.17, 15) is 0 Å². The number of rotatable bonds is 4. The van der Waals surface area contributed by atoms with Gasteiger partial charge in [0.2, 0.25) is 0 Å². The normalized spacial score (nSPS) is 24.7. The smallest absolute Gasteiger partial charge is 0.118 e. The predicted octanol–water partition coefficient (Wildman–Crippen LogP) is 3.06. The van der Waals surface area contributed by atoms with E-state index in [2.05, 4.69) is 24.9 Å². The Hall–Kier alpha value is -0.800. The summed E-state index contributed by atoms with van der Waals surface area (Å²) in [7, 11) is 2.21. The second-order valence-electron chi connectivity index (χ2n) is 5.83. The largest absolute Gasteiger partial charge is 0.465 e. The molecule has 2 N–H and O–H groups in total. The minimum absolute atomic E-state index is 0.569. The summed E-state index contributed by atoms with van der Waals surface area (Å²) in [6.07, 6.45) is 5.36. The van der Waals surface area contributed by atoms with E-state index in [-0.39, 0.29) is 0 Å². The number of hydrogen-bond donors (Lipinski definition) is 1. The third-order valence-corrected chi connectivity index (χ3v) is 4.31. The van der Waals surface area contributed by atoms with Crippen LogP contribution < -0.4 is 5.73 Å². The van der Waals surface area contributed by atoms with E-state index in [0.29, 0.717) is 12.6 Å². The van der Waals surface area contributed by atoms with Crippen molar-refractivity contribution in [3.05, 3.63) is 23.2 Å². The molecule has 1 aromatic heterocycles. The Morgan fingerprint density at radius 3 is 2.56 bits per heavy atom. The van der Waals surface area contributed by atoms with Crippen LogP contribution in [-0.2, 0) is 13.1 Å². The molecule has 0 radical (unpaired) electrons. The summed E-state index contributed by atoms with van der Waals surface area (Å²) in [6.45, 7) is 5.83. The van der Waals surface area contributed by atoms with Gasteiger partial charge in [-0.15, -0.1) is 0 Å². The highest BCUT2D eigenvalue weighted by molar-refractivity contribution is 5.20. The van der Waals surface area contributed by atoms with E-state index < -0.39 is 0 Å². The van der Waals surface area contributed by atoms with Crippen molar-refractivity contribution in [1.29, 1.82) is 0 Å². The molecule has 0 unspecified atom stereocenters. The van der Waals surface area contributed by atoms with Gasteiger partial charge in [0.1, 0.15) is 11.5 Å². The second kappa shape index (κ2) is 5.89. The van der Waals surface area contributed by atoms with Crippen LogP contribution in [0.5, 0.6) is 0 Å². The Morgan fingerprint density at radius 1 is 1.33 bits per heavy atom. The SMILES string of the molecule is Cc1oc(CN(C)C2CCC(C)CC2)cc1CN. The minimum Gasteiger partial charge on any atom is -0.465 e. The van der Waals surface area contributed by atoms with Gasteiger partial charge in [0, 0.05) is 18.2 Å². The number of furan rings is 1. The molecule has 2 rings (SSSR count). The van der Waals surface area contributed by atoms with Crippen molar-refractivity contribution in [2.45, 2.75) is 58.7 Å². The number of aryl methyl sites for hydroxylation is 1. The monoisotopic (exact) mass is 250 g/mol. The van der Waals surface area contributed by atoms with Crippen LogP contribution in [-0.4, -0.2) is 18.0 Å². The lowest BCUT2D eigenvalue weighted by atomic mass is 9.87. The van der Waals surface area contributed by atoms with Gasteiger partial charge in [-0.2, -0.15) is 0 Å². The zero-order valence-electron chi connectivity index (χ0n) is 11.9. The summed E-state index contributed by atoms with van der Waals surface area (Å²) in [6, 6.07) is 2.82. The standard InChI is InChI=1S/C15H26N2O/c1-11-4-6-14(7-5-11)17(3)10-15-8-13(9-16)12(2)18-15/h8,11,14H,4-7,9-10,16H2,1-3H3. The predicted molar refractivity (Wildman–Crippen MR) is 74.2 cm³/mol. The van der Waals surface area contributed by atoms with Crippen LogP contribution in [0.15, 0.2) is 10.5 Å². The Bertz CT molecular complexity index is 378. The van der Waals surface area contributed by atoms with Gasteiger partial charge >= 0.3 is 0 Å². The molecular formula is C15H26N2O. The van der Waals surface area contributed by atoms with E-state index >= 15 is 0 Å². The fourth-order valence-electron chi connectivity index (χ4n) is 2.93. The Labute approximate surface area is 110 Å². The molecule has 1 aliphatic rings. The summed E-state index contributed by atoms with van der Waals surface area (Å²) < 4.78 is 5.77. The van der Waals surface area contributed by atoms with Crippen LogP contribution in [0.4, 0.5) is 0 Å². The molecule has 0 aliphatic heterocycles. The first-order valence-corrected chi connectivity index (χ1v) is 7.08. The second-order valence-corrected chi connectivity index (χ2v) is 5.83. The summed E-state index contributed by atoms with van der Waals surface area (Å²) in [4.78, 5) is 2.43. The maximum Gasteiger partial charge on any atom is 0.118 e. The molecule has 3 heteroatoms. The number of nitrogens with zero attached hydrogens (tertiary/aromatic N) is 1. The fourth-order valence-corrected chi connectivity index (χ4v) is 2.93. The molecule has 0 aromatic carbocycles. The molecule has 1 saturated carbocycles. The molecule has 1 fully saturated rings. The van der Waals surface area contributed by atoms with Gasteiger partial charge in [0.15, 0.2) is 0 Å². The Morgan fingerprint density at radius 2 is 2.00 bits per heavy atom. The average molecular weight is 250 g/mol. The van der Waals surface area contributed by atoms with Crippen LogP contribution >= 0.6 is 0 Å². The van der Waals surface area contributed by atoms with Crippen molar-refractivity contribution in [1.82, 2.24) is 4.90 Å². The van der Waals surface area contributed by atoms with Crippen molar-refractivity contribution in [3.63, 3.8) is 0 Å². The van der Waals surface area contributed by atoms with E-state index in [1.165, 1.54) is 25.7 Å². The van der Waals surface area contributed by atoms with Crippen molar-refractivity contribution in [2.75, 3.05) is 7.05 Å². The lowest BCUT2D eigenvalue weighted by molar-refractivity contribution is 0.154. The summed E-state index contributed by atoms with van der Waals surface area (Å²) in [5, 5.41) is 0. The lowest BCUT2D eigenvalue weighted by Gasteiger charge is -2.33. The highest BCUT2D eigenvalue weighted by Crippen LogP contribution is 2.27. The van der Waals surface area contributed by atoms with E-state index in [1.54, 1.807) is 0 Å². The Balaban J connectivity index is 1.91. The van der Waals surface area contributed by atoms with E-state index in [1.807, 2.05) is 6.92 Å². The highest BCUT2D eigenvalue weighted by Gasteiger charge is 2.22. The molecule has 1 aliphatic carbocycles. The van der Waals surface area contributed by atoms with Gasteiger partial charge in [-0.1, -0.05) is 6.92 Å². The summed E-state index contributed by atoms with van der Waals surface area (Å²) >= 11 is 0. The quantitative estimate of drug-likeness (QED) is 0.893. The van der Waals surface area contributed by atoms with Crippen LogP contribution in [0.1, 0.15) is 49.7 Å². The minimum atomic E-state index is 0.569. The van der Waals surface area contributed by atoms with Crippen LogP contribution in [0.25, 0.3) is 0 Å². The molecule has 1 heterocycles. The summed E-state index contributed by atoms with van der Waals surface area (Å²) in [5.41, 5.74) is 6.81. The van der Waals surface area contributed by atoms with Gasteiger partial charge in [-0.3, -0.25) is 4.90 Å². The first-order valence-electron chi connectivity index (χ1n) is 7.08. The van der Waals surface area contributed by atoms with E-state index in [0.717, 1.165) is 29.5 Å². The lowest BCUT2D eigenvalue weighted by Crippen LogP contribution is -2.34. The van der Waals surface area contributed by atoms with Crippen LogP contribution in [0, 0.1) is 12.8 Å². The zero-order valence-corrected chi connectivity index (χ0v) is 11.9. The van der Waals surface area contributed by atoms with Gasteiger partial charge in [-0.25, -0.2) is 0 Å². The van der Waals surface area contributed by atoms with Crippen molar-refractivity contribution >= 4 is 0 Å². The zero-order chi connectivity index (χ0) is 13.1. The average Bonchev–Trinajstić information content (AvgIpc) is 2.70. The molecule has 0 spiro atoms. The molecule has 3 nitrogen and oxygen atoms in total. The van der Waals surface area contributed by atoms with Crippen molar-refractivity contribution in [2.24, 2.45) is 11.7 Å². The maximum atomic E-state index is 5.77. The number of nitrogens with two attached hydrogens (primary N) is 1. The summed E-state index contributed by atoms with van der Waals surface area (Å²) in [5.74, 6) is 2.93. The van der Waals surface area contributed by atoms with Gasteiger partial charge in [-0.05, 0) is 51.6 Å². The van der Waals surface area contributed by atoms with Crippen molar-refractivity contribution < 1.29 is 4.42 Å². The molecule has 0 atom stereocenters. The van der Waals surface area contributed by atoms with Crippen LogP contribution in [0.3, 0.4) is 0 Å². The first kappa shape index (κ1) is 13.6. The maximum absolute atomic E-state index is 5.77. The van der Waals surface area contributed by atoms with Crippen molar-refractivity contribution in [3.8, 4) is 0 Å². The molecule has 18 heavy (non-hydrogen) atoms. The van der Waals surface area contributed by atoms with Gasteiger partial charge < -0.3 is 10.2 Å². The topological polar surface area (TPSA) is 42.4 Å². The molecular weight excluding hydrogens is 224 g/mol.